The lowest BCUT2D eigenvalue weighted by Crippen LogP contribution is -1.94. The molecule has 4 heteroatoms. The Hall–Kier alpha value is -1.03. The molecule has 0 atom stereocenters. The van der Waals surface area contributed by atoms with Crippen LogP contribution in [0.25, 0.3) is 5.65 Å². The van der Waals surface area contributed by atoms with Crippen LogP contribution in [0.3, 0.4) is 0 Å². The largest absolute Gasteiger partial charge is 0.237 e. The van der Waals surface area contributed by atoms with Gasteiger partial charge in [0, 0.05) is 18.5 Å². The van der Waals surface area contributed by atoms with Crippen LogP contribution in [-0.2, 0) is 6.42 Å². The summed E-state index contributed by atoms with van der Waals surface area (Å²) in [5.41, 5.74) is 2.05. The molecule has 2 heterocycles. The van der Waals surface area contributed by atoms with Crippen molar-refractivity contribution in [2.45, 2.75) is 6.42 Å². The van der Waals surface area contributed by atoms with Crippen molar-refractivity contribution in [1.82, 2.24) is 14.6 Å². The molecule has 0 aliphatic heterocycles. The maximum absolute atomic E-state index is 4.23. The summed E-state index contributed by atoms with van der Waals surface area (Å²) in [5.74, 6) is 0.842. The third-order valence-electron chi connectivity index (χ3n) is 1.70. The number of hydrogen-bond acceptors (Lipinski definition) is 3. The smallest absolute Gasteiger partial charge is 0.154 e. The van der Waals surface area contributed by atoms with Crippen LogP contribution in [-0.4, -0.2) is 20.4 Å². The third kappa shape index (κ3) is 1.30. The van der Waals surface area contributed by atoms with E-state index in [1.54, 1.807) is 10.7 Å². The lowest BCUT2D eigenvalue weighted by Gasteiger charge is -1.97. The quantitative estimate of drug-likeness (QED) is 0.702. The zero-order valence-electron chi connectivity index (χ0n) is 6.51. The molecule has 62 valence electrons. The number of aryl methyl sites for hydroxylation is 1. The first kappa shape index (κ1) is 7.61. The Morgan fingerprint density at radius 1 is 1.50 bits per heavy atom. The van der Waals surface area contributed by atoms with Gasteiger partial charge in [-0.2, -0.15) is 17.7 Å². The van der Waals surface area contributed by atoms with Crippen molar-refractivity contribution in [1.29, 1.82) is 0 Å². The first-order chi connectivity index (χ1) is 5.90. The van der Waals surface area contributed by atoms with E-state index in [0.29, 0.717) is 0 Å². The van der Waals surface area contributed by atoms with Crippen molar-refractivity contribution in [2.75, 3.05) is 5.75 Å². The summed E-state index contributed by atoms with van der Waals surface area (Å²) in [6.45, 7) is 0. The average molecular weight is 179 g/mol. The predicted molar refractivity (Wildman–Crippen MR) is 50.5 cm³/mol. The molecule has 0 fully saturated rings. The van der Waals surface area contributed by atoms with Crippen LogP contribution in [0.4, 0.5) is 0 Å². The molecule has 0 aliphatic carbocycles. The van der Waals surface area contributed by atoms with Gasteiger partial charge < -0.3 is 0 Å². The number of hydrogen-bond donors (Lipinski definition) is 1. The van der Waals surface area contributed by atoms with Gasteiger partial charge >= 0.3 is 0 Å². The maximum atomic E-state index is 4.23. The Balaban J connectivity index is 2.46. The van der Waals surface area contributed by atoms with E-state index in [9.17, 15) is 0 Å². The standard InChI is InChI=1S/C8H9N3S/c12-4-2-7-5-9-8-1-3-10-11(8)6-7/h1,3,5-6,12H,2,4H2. The number of nitrogens with zero attached hydrogens (tertiary/aromatic N) is 3. The fraction of sp³-hybridized carbons (Fsp3) is 0.250. The Kier molecular flexibility index (Phi) is 1.99. The molecular formula is C8H9N3S. The highest BCUT2D eigenvalue weighted by Gasteiger charge is 1.96. The summed E-state index contributed by atoms with van der Waals surface area (Å²) < 4.78 is 1.78. The van der Waals surface area contributed by atoms with Crippen molar-refractivity contribution in [3.8, 4) is 0 Å². The molecule has 0 unspecified atom stereocenters. The summed E-state index contributed by atoms with van der Waals surface area (Å²) in [5, 5.41) is 4.09. The molecule has 12 heavy (non-hydrogen) atoms. The van der Waals surface area contributed by atoms with Crippen LogP contribution >= 0.6 is 12.6 Å². The molecule has 0 saturated carbocycles. The minimum atomic E-state index is 0.842. The first-order valence-electron chi connectivity index (χ1n) is 3.79. The van der Waals surface area contributed by atoms with E-state index in [-0.39, 0.29) is 0 Å². The van der Waals surface area contributed by atoms with Crippen LogP contribution in [0.15, 0.2) is 24.7 Å². The van der Waals surface area contributed by atoms with E-state index in [1.165, 1.54) is 5.56 Å². The Labute approximate surface area is 75.8 Å². The number of fused-ring (bicyclic) bond motifs is 1. The van der Waals surface area contributed by atoms with Crippen molar-refractivity contribution in [3.05, 3.63) is 30.2 Å². The van der Waals surface area contributed by atoms with Gasteiger partial charge in [0.25, 0.3) is 0 Å². The number of thiol groups is 1. The molecule has 0 spiro atoms. The van der Waals surface area contributed by atoms with Crippen molar-refractivity contribution in [2.24, 2.45) is 0 Å². The van der Waals surface area contributed by atoms with Gasteiger partial charge in [-0.05, 0) is 17.7 Å². The monoisotopic (exact) mass is 179 g/mol. The SMILES string of the molecule is SCCc1cnc2ccnn2c1. The third-order valence-corrected chi connectivity index (χ3v) is 1.92. The summed E-state index contributed by atoms with van der Waals surface area (Å²) in [7, 11) is 0. The molecule has 0 aliphatic rings. The van der Waals surface area contributed by atoms with Crippen molar-refractivity contribution >= 4 is 18.3 Å². The summed E-state index contributed by atoms with van der Waals surface area (Å²) in [4.78, 5) is 4.23. The normalized spacial score (nSPS) is 10.8. The Morgan fingerprint density at radius 3 is 3.25 bits per heavy atom. The molecule has 0 bridgehead atoms. The Morgan fingerprint density at radius 2 is 2.42 bits per heavy atom. The molecule has 0 aromatic carbocycles. The predicted octanol–water partition coefficient (Wildman–Crippen LogP) is 1.20. The second-order valence-corrected chi connectivity index (χ2v) is 3.02. The van der Waals surface area contributed by atoms with Gasteiger partial charge in [-0.1, -0.05) is 0 Å². The molecule has 0 radical (unpaired) electrons. The minimum Gasteiger partial charge on any atom is -0.237 e. The van der Waals surface area contributed by atoms with Gasteiger partial charge in [0.05, 0.1) is 6.20 Å². The van der Waals surface area contributed by atoms with E-state index in [1.807, 2.05) is 18.5 Å². The first-order valence-corrected chi connectivity index (χ1v) is 4.42. The molecule has 0 N–H and O–H groups in total. The van der Waals surface area contributed by atoms with Gasteiger partial charge in [0.1, 0.15) is 0 Å². The summed E-state index contributed by atoms with van der Waals surface area (Å²) in [6.07, 6.45) is 6.53. The fourth-order valence-corrected chi connectivity index (χ4v) is 1.36. The van der Waals surface area contributed by atoms with E-state index in [2.05, 4.69) is 22.7 Å². The highest BCUT2D eigenvalue weighted by atomic mass is 32.1. The van der Waals surface area contributed by atoms with E-state index in [0.717, 1.165) is 17.8 Å². The van der Waals surface area contributed by atoms with E-state index < -0.39 is 0 Å². The van der Waals surface area contributed by atoms with E-state index in [4.69, 9.17) is 0 Å². The highest BCUT2D eigenvalue weighted by Crippen LogP contribution is 2.02. The fourth-order valence-electron chi connectivity index (χ4n) is 1.11. The molecule has 2 rings (SSSR count). The van der Waals surface area contributed by atoms with Gasteiger partial charge in [-0.25, -0.2) is 9.50 Å². The van der Waals surface area contributed by atoms with Gasteiger partial charge in [-0.3, -0.25) is 0 Å². The lowest BCUT2D eigenvalue weighted by molar-refractivity contribution is 0.912. The molecule has 2 aromatic heterocycles. The molecule has 0 saturated heterocycles. The zero-order chi connectivity index (χ0) is 8.39. The second kappa shape index (κ2) is 3.15. The van der Waals surface area contributed by atoms with Crippen LogP contribution < -0.4 is 0 Å². The highest BCUT2D eigenvalue weighted by molar-refractivity contribution is 7.80. The van der Waals surface area contributed by atoms with Crippen LogP contribution in [0.1, 0.15) is 5.56 Å². The van der Waals surface area contributed by atoms with Gasteiger partial charge in [0.15, 0.2) is 5.65 Å². The van der Waals surface area contributed by atoms with Crippen LogP contribution in [0.2, 0.25) is 0 Å². The van der Waals surface area contributed by atoms with Crippen LogP contribution in [0, 0.1) is 0 Å². The molecule has 3 nitrogen and oxygen atoms in total. The van der Waals surface area contributed by atoms with Gasteiger partial charge in [-0.15, -0.1) is 0 Å². The molecular weight excluding hydrogens is 170 g/mol. The second-order valence-electron chi connectivity index (χ2n) is 2.57. The topological polar surface area (TPSA) is 30.2 Å². The molecule has 2 aromatic rings. The van der Waals surface area contributed by atoms with Gasteiger partial charge in [0.2, 0.25) is 0 Å². The summed E-state index contributed by atoms with van der Waals surface area (Å²) >= 11 is 4.15. The van der Waals surface area contributed by atoms with Crippen molar-refractivity contribution in [3.63, 3.8) is 0 Å². The minimum absolute atomic E-state index is 0.842. The van der Waals surface area contributed by atoms with E-state index >= 15 is 0 Å². The number of rotatable bonds is 2. The maximum Gasteiger partial charge on any atom is 0.154 e. The van der Waals surface area contributed by atoms with Crippen LogP contribution in [0.5, 0.6) is 0 Å². The average Bonchev–Trinajstić information content (AvgIpc) is 2.51. The summed E-state index contributed by atoms with van der Waals surface area (Å²) in [6, 6.07) is 1.88. The molecule has 0 amide bonds. The number of aromatic nitrogens is 3. The lowest BCUT2D eigenvalue weighted by atomic mass is 10.3. The zero-order valence-corrected chi connectivity index (χ0v) is 7.41. The van der Waals surface area contributed by atoms with Crippen molar-refractivity contribution < 1.29 is 0 Å². The Bertz CT molecular complexity index is 382.